The molecule has 0 aliphatic carbocycles. The molecule has 0 atom stereocenters. The number of carbonyl (C=O) groups is 1. The summed E-state index contributed by atoms with van der Waals surface area (Å²) in [5.41, 5.74) is 2.12. The van der Waals surface area contributed by atoms with Gasteiger partial charge in [0.25, 0.3) is 0 Å². The van der Waals surface area contributed by atoms with E-state index in [1.807, 2.05) is 54.8 Å². The van der Waals surface area contributed by atoms with Crippen molar-refractivity contribution in [2.24, 2.45) is 0 Å². The molecule has 2 rings (SSSR count). The minimum atomic E-state index is -0.0807. The van der Waals surface area contributed by atoms with Crippen LogP contribution in [0.5, 0.6) is 0 Å². The Balaban J connectivity index is 1.84. The van der Waals surface area contributed by atoms with Gasteiger partial charge in [0.2, 0.25) is 5.91 Å². The summed E-state index contributed by atoms with van der Waals surface area (Å²) in [4.78, 5) is 12.9. The van der Waals surface area contributed by atoms with Crippen LogP contribution in [0, 0.1) is 0 Å². The summed E-state index contributed by atoms with van der Waals surface area (Å²) in [6.45, 7) is 0.548. The normalized spacial score (nSPS) is 10.7. The third kappa shape index (κ3) is 4.59. The monoisotopic (exact) mass is 283 g/mol. The van der Waals surface area contributed by atoms with Crippen LogP contribution < -0.4 is 5.32 Å². The Morgan fingerprint density at radius 3 is 2.45 bits per heavy atom. The molecule has 2 nitrogen and oxygen atoms in total. The first kappa shape index (κ1) is 14.4. The lowest BCUT2D eigenvalue weighted by Gasteiger charge is -2.03. The van der Waals surface area contributed by atoms with Crippen molar-refractivity contribution in [1.82, 2.24) is 5.32 Å². The number of hydrogen-bond acceptors (Lipinski definition) is 2. The maximum atomic E-state index is 11.7. The standard InChI is InChI=1S/C17H17NOS/c1-20-16-10-7-15(8-11-16)13-18-17(19)12-9-14-5-3-2-4-6-14/h2-12H,13H2,1H3,(H,18,19)/b12-9+. The van der Waals surface area contributed by atoms with Crippen LogP contribution in [0.25, 0.3) is 6.08 Å². The number of benzene rings is 2. The molecule has 0 aromatic heterocycles. The zero-order chi connectivity index (χ0) is 14.2. The van der Waals surface area contributed by atoms with Gasteiger partial charge in [0.1, 0.15) is 0 Å². The van der Waals surface area contributed by atoms with Crippen LogP contribution in [0.15, 0.2) is 65.6 Å². The fourth-order valence-electron chi connectivity index (χ4n) is 1.73. The molecule has 0 saturated carbocycles. The molecule has 0 aliphatic heterocycles. The maximum absolute atomic E-state index is 11.7. The SMILES string of the molecule is CSc1ccc(CNC(=O)/C=C/c2ccccc2)cc1. The van der Waals surface area contributed by atoms with Crippen molar-refractivity contribution < 1.29 is 4.79 Å². The van der Waals surface area contributed by atoms with E-state index in [9.17, 15) is 4.79 Å². The number of rotatable bonds is 5. The van der Waals surface area contributed by atoms with Gasteiger partial charge in [-0.25, -0.2) is 0 Å². The first-order chi connectivity index (χ1) is 9.78. The van der Waals surface area contributed by atoms with E-state index in [1.54, 1.807) is 17.8 Å². The molecule has 0 fully saturated rings. The van der Waals surface area contributed by atoms with Gasteiger partial charge in [-0.05, 0) is 35.6 Å². The molecule has 0 bridgehead atoms. The highest BCUT2D eigenvalue weighted by Gasteiger charge is 1.97. The summed E-state index contributed by atoms with van der Waals surface area (Å²) in [5.74, 6) is -0.0807. The summed E-state index contributed by atoms with van der Waals surface area (Å²) < 4.78 is 0. The zero-order valence-electron chi connectivity index (χ0n) is 11.4. The summed E-state index contributed by atoms with van der Waals surface area (Å²) in [7, 11) is 0. The molecule has 0 radical (unpaired) electrons. The van der Waals surface area contributed by atoms with Gasteiger partial charge in [0, 0.05) is 17.5 Å². The van der Waals surface area contributed by atoms with E-state index in [2.05, 4.69) is 17.4 Å². The lowest BCUT2D eigenvalue weighted by Crippen LogP contribution is -2.20. The molecule has 1 N–H and O–H groups in total. The highest BCUT2D eigenvalue weighted by molar-refractivity contribution is 7.98. The van der Waals surface area contributed by atoms with E-state index in [0.29, 0.717) is 6.54 Å². The number of amides is 1. The van der Waals surface area contributed by atoms with Gasteiger partial charge in [-0.2, -0.15) is 0 Å². The van der Waals surface area contributed by atoms with Gasteiger partial charge in [0.05, 0.1) is 0 Å². The Hall–Kier alpha value is -2.00. The van der Waals surface area contributed by atoms with E-state index in [4.69, 9.17) is 0 Å². The molecule has 20 heavy (non-hydrogen) atoms. The van der Waals surface area contributed by atoms with Crippen LogP contribution in [-0.4, -0.2) is 12.2 Å². The summed E-state index contributed by atoms with van der Waals surface area (Å²) in [6.07, 6.45) is 5.42. The van der Waals surface area contributed by atoms with Crippen LogP contribution in [0.4, 0.5) is 0 Å². The molecule has 0 heterocycles. The smallest absolute Gasteiger partial charge is 0.244 e. The van der Waals surface area contributed by atoms with E-state index in [1.165, 1.54) is 4.90 Å². The Kier molecular flexibility index (Phi) is 5.44. The van der Waals surface area contributed by atoms with Crippen LogP contribution in [0.3, 0.4) is 0 Å². The lowest BCUT2D eigenvalue weighted by atomic mass is 10.2. The van der Waals surface area contributed by atoms with Gasteiger partial charge in [-0.15, -0.1) is 11.8 Å². The molecule has 0 aliphatic rings. The second-order valence-electron chi connectivity index (χ2n) is 4.31. The Labute approximate surface area is 123 Å². The number of hydrogen-bond donors (Lipinski definition) is 1. The molecular formula is C17H17NOS. The van der Waals surface area contributed by atoms with Crippen molar-refractivity contribution in [2.45, 2.75) is 11.4 Å². The Morgan fingerprint density at radius 1 is 1.10 bits per heavy atom. The largest absolute Gasteiger partial charge is 0.348 e. The molecule has 0 spiro atoms. The zero-order valence-corrected chi connectivity index (χ0v) is 12.2. The highest BCUT2D eigenvalue weighted by Crippen LogP contribution is 2.14. The molecule has 2 aromatic rings. The number of thioether (sulfide) groups is 1. The second-order valence-corrected chi connectivity index (χ2v) is 5.19. The van der Waals surface area contributed by atoms with Crippen LogP contribution in [0.1, 0.15) is 11.1 Å². The average Bonchev–Trinajstić information content (AvgIpc) is 2.52. The molecule has 2 aromatic carbocycles. The van der Waals surface area contributed by atoms with Crippen molar-refractivity contribution in [3.8, 4) is 0 Å². The summed E-state index contributed by atoms with van der Waals surface area (Å²) in [6, 6.07) is 18.0. The molecule has 102 valence electrons. The van der Waals surface area contributed by atoms with E-state index in [0.717, 1.165) is 11.1 Å². The second kappa shape index (κ2) is 7.56. The highest BCUT2D eigenvalue weighted by atomic mass is 32.2. The number of carbonyl (C=O) groups excluding carboxylic acids is 1. The predicted molar refractivity (Wildman–Crippen MR) is 85.5 cm³/mol. The minimum Gasteiger partial charge on any atom is -0.348 e. The van der Waals surface area contributed by atoms with Gasteiger partial charge in [-0.3, -0.25) is 4.79 Å². The Bertz CT molecular complexity index is 576. The molecule has 0 saturated heterocycles. The van der Waals surface area contributed by atoms with Crippen molar-refractivity contribution in [3.05, 3.63) is 71.8 Å². The van der Waals surface area contributed by atoms with E-state index in [-0.39, 0.29) is 5.91 Å². The molecule has 0 unspecified atom stereocenters. The van der Waals surface area contributed by atoms with E-state index >= 15 is 0 Å². The first-order valence-electron chi connectivity index (χ1n) is 6.42. The van der Waals surface area contributed by atoms with Crippen molar-refractivity contribution in [1.29, 1.82) is 0 Å². The minimum absolute atomic E-state index is 0.0807. The summed E-state index contributed by atoms with van der Waals surface area (Å²) >= 11 is 1.71. The molecule has 3 heteroatoms. The lowest BCUT2D eigenvalue weighted by molar-refractivity contribution is -0.116. The third-order valence-corrected chi connectivity index (χ3v) is 3.60. The quantitative estimate of drug-likeness (QED) is 0.669. The van der Waals surface area contributed by atoms with Crippen LogP contribution in [-0.2, 0) is 11.3 Å². The predicted octanol–water partition coefficient (Wildman–Crippen LogP) is 3.74. The van der Waals surface area contributed by atoms with Gasteiger partial charge < -0.3 is 5.32 Å². The average molecular weight is 283 g/mol. The third-order valence-electron chi connectivity index (χ3n) is 2.85. The Morgan fingerprint density at radius 2 is 1.80 bits per heavy atom. The topological polar surface area (TPSA) is 29.1 Å². The van der Waals surface area contributed by atoms with Gasteiger partial charge in [0.15, 0.2) is 0 Å². The van der Waals surface area contributed by atoms with Crippen molar-refractivity contribution in [2.75, 3.05) is 6.26 Å². The van der Waals surface area contributed by atoms with Crippen molar-refractivity contribution >= 4 is 23.7 Å². The number of nitrogens with one attached hydrogen (secondary N) is 1. The van der Waals surface area contributed by atoms with Crippen LogP contribution >= 0.6 is 11.8 Å². The van der Waals surface area contributed by atoms with Gasteiger partial charge >= 0.3 is 0 Å². The maximum Gasteiger partial charge on any atom is 0.244 e. The fourth-order valence-corrected chi connectivity index (χ4v) is 2.14. The first-order valence-corrected chi connectivity index (χ1v) is 7.64. The van der Waals surface area contributed by atoms with Crippen LogP contribution in [0.2, 0.25) is 0 Å². The summed E-state index contributed by atoms with van der Waals surface area (Å²) in [5, 5.41) is 2.87. The van der Waals surface area contributed by atoms with Crippen molar-refractivity contribution in [3.63, 3.8) is 0 Å². The van der Waals surface area contributed by atoms with E-state index < -0.39 is 0 Å². The molecular weight excluding hydrogens is 266 g/mol. The fraction of sp³-hybridized carbons (Fsp3) is 0.118. The molecule has 1 amide bonds. The van der Waals surface area contributed by atoms with Gasteiger partial charge in [-0.1, -0.05) is 42.5 Å².